The average molecular weight is 532 g/mol. The normalized spacial score (nSPS) is 18.1. The number of hydrogen-bond donors (Lipinski definition) is 3. The summed E-state index contributed by atoms with van der Waals surface area (Å²) in [7, 11) is 3.16. The monoisotopic (exact) mass is 531 g/mol. The number of para-hydroxylation sites is 1. The lowest BCUT2D eigenvalue weighted by Gasteiger charge is -2.41. The van der Waals surface area contributed by atoms with Crippen LogP contribution in [-0.2, 0) is 9.47 Å². The third kappa shape index (κ3) is 6.61. The molecule has 1 amide bonds. The third-order valence-corrected chi connectivity index (χ3v) is 6.12. The van der Waals surface area contributed by atoms with E-state index in [1.54, 1.807) is 43.5 Å². The van der Waals surface area contributed by atoms with Crippen molar-refractivity contribution in [3.63, 3.8) is 0 Å². The number of fused-ring (bicyclic) bond motifs is 1. The standard InChI is InChI=1S/C26H29NO7.CH2O3.H2/c1-15-19(32-22-13-12-21(31-5)26(2,3)34-22)11-10-16-14-18(25(29)33-23(15)16)27-24(28)17-8-6-7-9-20(17)30-4;2-1(3)4;/h6-11,14,21-22H,12-13H2,1-5H3,(H,27,28);(H2,2,3,4);1H/t21-,22-;;/m1../s1. The van der Waals surface area contributed by atoms with E-state index in [0.717, 1.165) is 6.42 Å². The lowest BCUT2D eigenvalue weighted by molar-refractivity contribution is -0.233. The molecule has 2 aromatic carbocycles. The van der Waals surface area contributed by atoms with Crippen molar-refractivity contribution in [2.75, 3.05) is 19.5 Å². The number of carbonyl (C=O) groups is 2. The summed E-state index contributed by atoms with van der Waals surface area (Å²) in [5.41, 5.74) is 0.280. The van der Waals surface area contributed by atoms with Crippen molar-refractivity contribution in [1.82, 2.24) is 0 Å². The number of ether oxygens (including phenoxy) is 4. The number of rotatable bonds is 6. The number of anilines is 1. The minimum absolute atomic E-state index is 0. The Morgan fingerprint density at radius 1 is 1.08 bits per heavy atom. The topological polar surface area (TPSA) is 154 Å². The van der Waals surface area contributed by atoms with E-state index in [4.69, 9.17) is 38.4 Å². The summed E-state index contributed by atoms with van der Waals surface area (Å²) in [4.78, 5) is 33.9. The van der Waals surface area contributed by atoms with Crippen LogP contribution in [0, 0.1) is 6.92 Å². The number of methoxy groups -OCH3 is 2. The summed E-state index contributed by atoms with van der Waals surface area (Å²) in [5.74, 6) is 0.512. The van der Waals surface area contributed by atoms with Gasteiger partial charge >= 0.3 is 11.8 Å². The van der Waals surface area contributed by atoms with Crippen molar-refractivity contribution in [2.24, 2.45) is 0 Å². The minimum Gasteiger partial charge on any atom is -0.496 e. The minimum atomic E-state index is -1.83. The molecule has 1 aliphatic heterocycles. The fourth-order valence-corrected chi connectivity index (χ4v) is 4.28. The number of carbonyl (C=O) groups excluding carboxylic acids is 1. The molecule has 1 aromatic heterocycles. The van der Waals surface area contributed by atoms with E-state index in [1.807, 2.05) is 26.8 Å². The second kappa shape index (κ2) is 12.0. The van der Waals surface area contributed by atoms with E-state index >= 15 is 0 Å². The fourth-order valence-electron chi connectivity index (χ4n) is 4.28. The van der Waals surface area contributed by atoms with Gasteiger partial charge < -0.3 is 38.9 Å². The Bertz CT molecular complexity index is 1370. The van der Waals surface area contributed by atoms with Crippen LogP contribution in [0.2, 0.25) is 0 Å². The summed E-state index contributed by atoms with van der Waals surface area (Å²) < 4.78 is 28.5. The highest BCUT2D eigenvalue weighted by molar-refractivity contribution is 6.06. The molecule has 0 unspecified atom stereocenters. The summed E-state index contributed by atoms with van der Waals surface area (Å²) >= 11 is 0. The second-order valence-corrected chi connectivity index (χ2v) is 9.06. The number of nitrogens with one attached hydrogen (secondary N) is 1. The molecule has 11 heteroatoms. The zero-order chi connectivity index (χ0) is 28.0. The van der Waals surface area contributed by atoms with Crippen molar-refractivity contribution in [3.05, 3.63) is 64.0 Å². The van der Waals surface area contributed by atoms with Gasteiger partial charge in [-0.05, 0) is 57.5 Å². The maximum Gasteiger partial charge on any atom is 0.503 e. The number of benzene rings is 2. The summed E-state index contributed by atoms with van der Waals surface area (Å²) in [5, 5.41) is 17.2. The molecular formula is C27H33NO10. The van der Waals surface area contributed by atoms with Gasteiger partial charge in [0.05, 0.1) is 24.4 Å². The predicted molar refractivity (Wildman–Crippen MR) is 141 cm³/mol. The highest BCUT2D eigenvalue weighted by Crippen LogP contribution is 2.34. The third-order valence-electron chi connectivity index (χ3n) is 6.12. The molecule has 0 spiro atoms. The Morgan fingerprint density at radius 2 is 1.76 bits per heavy atom. The zero-order valence-electron chi connectivity index (χ0n) is 21.8. The van der Waals surface area contributed by atoms with Crippen LogP contribution in [0.5, 0.6) is 11.5 Å². The highest BCUT2D eigenvalue weighted by Gasteiger charge is 2.39. The first-order chi connectivity index (χ1) is 18.0. The summed E-state index contributed by atoms with van der Waals surface area (Å²) in [6, 6.07) is 12.0. The number of hydrogen-bond acceptors (Lipinski definition) is 8. The van der Waals surface area contributed by atoms with Crippen LogP contribution in [0.1, 0.15) is 44.0 Å². The van der Waals surface area contributed by atoms with Crippen LogP contribution in [-0.4, -0.2) is 54.5 Å². The van der Waals surface area contributed by atoms with E-state index in [0.29, 0.717) is 40.0 Å². The lowest BCUT2D eigenvalue weighted by atomic mass is 9.94. The zero-order valence-corrected chi connectivity index (χ0v) is 21.8. The van der Waals surface area contributed by atoms with Crippen molar-refractivity contribution in [1.29, 1.82) is 0 Å². The summed E-state index contributed by atoms with van der Waals surface area (Å²) in [6.45, 7) is 5.77. The smallest absolute Gasteiger partial charge is 0.496 e. The van der Waals surface area contributed by atoms with Crippen LogP contribution < -0.4 is 20.4 Å². The van der Waals surface area contributed by atoms with E-state index in [2.05, 4.69) is 5.32 Å². The highest BCUT2D eigenvalue weighted by atomic mass is 16.7. The van der Waals surface area contributed by atoms with E-state index in [9.17, 15) is 9.59 Å². The van der Waals surface area contributed by atoms with Gasteiger partial charge in [0.2, 0.25) is 6.29 Å². The average Bonchev–Trinajstić information content (AvgIpc) is 2.86. The molecule has 3 aromatic rings. The first-order valence-corrected chi connectivity index (χ1v) is 11.8. The molecule has 0 radical (unpaired) electrons. The van der Waals surface area contributed by atoms with Crippen LogP contribution in [0.25, 0.3) is 11.0 Å². The van der Waals surface area contributed by atoms with Gasteiger partial charge in [-0.15, -0.1) is 0 Å². The Hall–Kier alpha value is -4.09. The molecule has 0 bridgehead atoms. The van der Waals surface area contributed by atoms with Gasteiger partial charge in [0.25, 0.3) is 5.91 Å². The molecule has 38 heavy (non-hydrogen) atoms. The second-order valence-electron chi connectivity index (χ2n) is 9.06. The molecule has 1 fully saturated rings. The van der Waals surface area contributed by atoms with Crippen LogP contribution in [0.4, 0.5) is 10.5 Å². The lowest BCUT2D eigenvalue weighted by Crippen LogP contribution is -2.49. The number of carboxylic acid groups (broad SMARTS) is 2. The first kappa shape index (κ1) is 28.5. The molecule has 1 aliphatic rings. The molecule has 2 atom stereocenters. The maximum absolute atomic E-state index is 12.7. The molecule has 11 nitrogen and oxygen atoms in total. The van der Waals surface area contributed by atoms with Gasteiger partial charge in [-0.2, -0.15) is 0 Å². The van der Waals surface area contributed by atoms with Crippen LogP contribution in [0.3, 0.4) is 0 Å². The molecule has 0 aliphatic carbocycles. The van der Waals surface area contributed by atoms with Gasteiger partial charge in [-0.1, -0.05) is 12.1 Å². The SMILES string of the molecule is COc1ccccc1C(=O)Nc1cc2ccc(O[C@H]3CC[C@@H](OC)C(C)(C)O3)c(C)c2oc1=O.O=C(O)O.[HH]. The quantitative estimate of drug-likeness (QED) is 0.364. The molecular weight excluding hydrogens is 498 g/mol. The Labute approximate surface area is 220 Å². The van der Waals surface area contributed by atoms with Crippen molar-refractivity contribution in [2.45, 2.75) is 51.6 Å². The van der Waals surface area contributed by atoms with Gasteiger partial charge in [0, 0.05) is 25.9 Å². The van der Waals surface area contributed by atoms with Crippen molar-refractivity contribution >= 4 is 28.7 Å². The van der Waals surface area contributed by atoms with Crippen molar-refractivity contribution < 1.29 is 44.6 Å². The largest absolute Gasteiger partial charge is 0.503 e. The molecule has 2 heterocycles. The molecule has 206 valence electrons. The number of aryl methyl sites for hydroxylation is 1. The van der Waals surface area contributed by atoms with E-state index < -0.39 is 29.6 Å². The van der Waals surface area contributed by atoms with Gasteiger partial charge in [-0.3, -0.25) is 4.79 Å². The molecule has 4 rings (SSSR count). The molecule has 0 saturated carbocycles. The fraction of sp³-hybridized carbons (Fsp3) is 0.370. The Kier molecular flexibility index (Phi) is 8.97. The van der Waals surface area contributed by atoms with Crippen molar-refractivity contribution in [3.8, 4) is 11.5 Å². The predicted octanol–water partition coefficient (Wildman–Crippen LogP) is 5.14. The maximum atomic E-state index is 12.7. The first-order valence-electron chi connectivity index (χ1n) is 11.8. The Morgan fingerprint density at radius 3 is 2.39 bits per heavy atom. The summed E-state index contributed by atoms with van der Waals surface area (Å²) in [6.07, 6.45) is -0.793. The van der Waals surface area contributed by atoms with E-state index in [1.165, 1.54) is 7.11 Å². The molecule has 3 N–H and O–H groups in total. The van der Waals surface area contributed by atoms with Gasteiger partial charge in [-0.25, -0.2) is 9.59 Å². The number of amides is 1. The Balaban J connectivity index is 0.000000998. The van der Waals surface area contributed by atoms with Crippen LogP contribution >= 0.6 is 0 Å². The molecule has 1 saturated heterocycles. The van der Waals surface area contributed by atoms with Gasteiger partial charge in [0.15, 0.2) is 0 Å². The van der Waals surface area contributed by atoms with Crippen LogP contribution in [0.15, 0.2) is 51.7 Å². The van der Waals surface area contributed by atoms with Gasteiger partial charge in [0.1, 0.15) is 22.8 Å². The van der Waals surface area contributed by atoms with E-state index in [-0.39, 0.29) is 13.2 Å².